The summed E-state index contributed by atoms with van der Waals surface area (Å²) in [5.74, 6) is -0.297. The Morgan fingerprint density at radius 2 is 1.94 bits per heavy atom. The molecule has 0 heterocycles. The van der Waals surface area contributed by atoms with Crippen LogP contribution in [-0.4, -0.2) is 31.4 Å². The zero-order chi connectivity index (χ0) is 12.1. The van der Waals surface area contributed by atoms with E-state index in [1.165, 1.54) is 17.0 Å². The molecular formula is C12H17FN2O. The van der Waals surface area contributed by atoms with Crippen LogP contribution < -0.4 is 5.73 Å². The topological polar surface area (TPSA) is 46.3 Å². The van der Waals surface area contributed by atoms with Crippen LogP contribution in [0.1, 0.15) is 17.9 Å². The molecule has 0 fully saturated rings. The first-order valence-corrected chi connectivity index (χ1v) is 5.20. The van der Waals surface area contributed by atoms with Crippen molar-refractivity contribution in [2.45, 2.75) is 12.3 Å². The number of carbonyl (C=O) groups is 1. The van der Waals surface area contributed by atoms with Gasteiger partial charge in [-0.15, -0.1) is 0 Å². The molecule has 1 aromatic rings. The van der Waals surface area contributed by atoms with Gasteiger partial charge in [0.15, 0.2) is 0 Å². The van der Waals surface area contributed by atoms with Crippen molar-refractivity contribution in [1.82, 2.24) is 4.90 Å². The summed E-state index contributed by atoms with van der Waals surface area (Å²) in [7, 11) is 3.42. The lowest BCUT2D eigenvalue weighted by molar-refractivity contribution is -0.129. The molecule has 4 heteroatoms. The Morgan fingerprint density at radius 1 is 1.38 bits per heavy atom. The second-order valence-electron chi connectivity index (χ2n) is 3.98. The van der Waals surface area contributed by atoms with Crippen LogP contribution in [-0.2, 0) is 4.79 Å². The van der Waals surface area contributed by atoms with E-state index in [4.69, 9.17) is 5.73 Å². The van der Waals surface area contributed by atoms with E-state index < -0.39 is 0 Å². The van der Waals surface area contributed by atoms with Crippen molar-refractivity contribution < 1.29 is 9.18 Å². The fourth-order valence-corrected chi connectivity index (χ4v) is 1.47. The van der Waals surface area contributed by atoms with Crippen molar-refractivity contribution in [2.24, 2.45) is 5.73 Å². The number of halogens is 1. The van der Waals surface area contributed by atoms with Crippen LogP contribution in [0.5, 0.6) is 0 Å². The summed E-state index contributed by atoms with van der Waals surface area (Å²) in [6.07, 6.45) is 0.356. The van der Waals surface area contributed by atoms with Gasteiger partial charge in [-0.3, -0.25) is 4.79 Å². The van der Waals surface area contributed by atoms with E-state index in [-0.39, 0.29) is 17.6 Å². The van der Waals surface area contributed by atoms with Gasteiger partial charge < -0.3 is 10.6 Å². The SMILES string of the molecule is CN(C)C(=O)CC(CN)c1ccc(F)cc1. The molecule has 0 radical (unpaired) electrons. The number of amides is 1. The standard InChI is InChI=1S/C12H17FN2O/c1-15(2)12(16)7-10(8-14)9-3-5-11(13)6-4-9/h3-6,10H,7-8,14H2,1-2H3. The van der Waals surface area contributed by atoms with Gasteiger partial charge in [0, 0.05) is 26.4 Å². The monoisotopic (exact) mass is 224 g/mol. The Balaban J connectivity index is 2.74. The zero-order valence-corrected chi connectivity index (χ0v) is 9.61. The van der Waals surface area contributed by atoms with Gasteiger partial charge in [0.25, 0.3) is 0 Å². The van der Waals surface area contributed by atoms with Gasteiger partial charge in [-0.05, 0) is 24.2 Å². The van der Waals surface area contributed by atoms with E-state index in [2.05, 4.69) is 0 Å². The highest BCUT2D eigenvalue weighted by Gasteiger charge is 2.15. The molecule has 0 aliphatic carbocycles. The van der Waals surface area contributed by atoms with Crippen LogP contribution in [0.2, 0.25) is 0 Å². The molecule has 0 aliphatic rings. The minimum Gasteiger partial charge on any atom is -0.349 e. The fourth-order valence-electron chi connectivity index (χ4n) is 1.47. The summed E-state index contributed by atoms with van der Waals surface area (Å²) in [6, 6.07) is 6.13. The summed E-state index contributed by atoms with van der Waals surface area (Å²) in [5, 5.41) is 0. The third kappa shape index (κ3) is 3.31. The number of carbonyl (C=O) groups excluding carboxylic acids is 1. The lowest BCUT2D eigenvalue weighted by atomic mass is 9.95. The molecule has 1 amide bonds. The van der Waals surface area contributed by atoms with Crippen molar-refractivity contribution in [3.63, 3.8) is 0 Å². The van der Waals surface area contributed by atoms with Crippen molar-refractivity contribution in [3.05, 3.63) is 35.6 Å². The Kier molecular flexibility index (Phi) is 4.43. The zero-order valence-electron chi connectivity index (χ0n) is 9.61. The Morgan fingerprint density at radius 3 is 2.38 bits per heavy atom. The normalized spacial score (nSPS) is 12.2. The summed E-state index contributed by atoms with van der Waals surface area (Å²) >= 11 is 0. The molecule has 1 aromatic carbocycles. The van der Waals surface area contributed by atoms with Crippen LogP contribution >= 0.6 is 0 Å². The Hall–Kier alpha value is -1.42. The number of nitrogens with zero attached hydrogens (tertiary/aromatic N) is 1. The van der Waals surface area contributed by atoms with Crippen LogP contribution in [0.25, 0.3) is 0 Å². The van der Waals surface area contributed by atoms with Crippen LogP contribution in [0.4, 0.5) is 4.39 Å². The average molecular weight is 224 g/mol. The quantitative estimate of drug-likeness (QED) is 0.839. The molecule has 1 unspecified atom stereocenters. The summed E-state index contributed by atoms with van der Waals surface area (Å²) < 4.78 is 12.7. The fraction of sp³-hybridized carbons (Fsp3) is 0.417. The maximum atomic E-state index is 12.7. The molecule has 1 rings (SSSR count). The number of hydrogen-bond donors (Lipinski definition) is 1. The van der Waals surface area contributed by atoms with Gasteiger partial charge in [-0.25, -0.2) is 4.39 Å². The lowest BCUT2D eigenvalue weighted by Crippen LogP contribution is -2.26. The summed E-state index contributed by atoms with van der Waals surface area (Å²) in [6.45, 7) is 0.380. The van der Waals surface area contributed by atoms with Gasteiger partial charge in [-0.1, -0.05) is 12.1 Å². The van der Waals surface area contributed by atoms with E-state index in [1.54, 1.807) is 26.2 Å². The smallest absolute Gasteiger partial charge is 0.222 e. The van der Waals surface area contributed by atoms with E-state index in [0.29, 0.717) is 13.0 Å². The third-order valence-electron chi connectivity index (χ3n) is 2.55. The molecule has 2 N–H and O–H groups in total. The van der Waals surface area contributed by atoms with Crippen LogP contribution in [0.15, 0.2) is 24.3 Å². The molecule has 0 saturated carbocycles. The molecule has 0 aliphatic heterocycles. The Labute approximate surface area is 95.0 Å². The molecule has 0 saturated heterocycles. The average Bonchev–Trinajstić information content (AvgIpc) is 2.26. The molecule has 88 valence electrons. The molecular weight excluding hydrogens is 207 g/mol. The van der Waals surface area contributed by atoms with E-state index in [9.17, 15) is 9.18 Å². The predicted molar refractivity (Wildman–Crippen MR) is 61.5 cm³/mol. The van der Waals surface area contributed by atoms with Crippen molar-refractivity contribution in [1.29, 1.82) is 0 Å². The van der Waals surface area contributed by atoms with E-state index >= 15 is 0 Å². The van der Waals surface area contributed by atoms with Crippen LogP contribution in [0.3, 0.4) is 0 Å². The number of rotatable bonds is 4. The number of hydrogen-bond acceptors (Lipinski definition) is 2. The number of nitrogens with two attached hydrogens (primary N) is 1. The highest BCUT2D eigenvalue weighted by Crippen LogP contribution is 2.19. The van der Waals surface area contributed by atoms with E-state index in [0.717, 1.165) is 5.56 Å². The highest BCUT2D eigenvalue weighted by molar-refractivity contribution is 5.76. The first-order chi connectivity index (χ1) is 7.54. The largest absolute Gasteiger partial charge is 0.349 e. The highest BCUT2D eigenvalue weighted by atomic mass is 19.1. The van der Waals surface area contributed by atoms with Crippen molar-refractivity contribution in [2.75, 3.05) is 20.6 Å². The van der Waals surface area contributed by atoms with E-state index in [1.807, 2.05) is 0 Å². The summed E-state index contributed by atoms with van der Waals surface area (Å²) in [5.41, 5.74) is 6.53. The minimum atomic E-state index is -0.279. The second-order valence-corrected chi connectivity index (χ2v) is 3.98. The molecule has 1 atom stereocenters. The maximum Gasteiger partial charge on any atom is 0.222 e. The Bertz CT molecular complexity index is 349. The van der Waals surface area contributed by atoms with Crippen LogP contribution in [0, 0.1) is 5.82 Å². The maximum absolute atomic E-state index is 12.7. The molecule has 0 aromatic heterocycles. The minimum absolute atomic E-state index is 0.0276. The third-order valence-corrected chi connectivity index (χ3v) is 2.55. The van der Waals surface area contributed by atoms with Crippen molar-refractivity contribution in [3.8, 4) is 0 Å². The predicted octanol–water partition coefficient (Wildman–Crippen LogP) is 1.35. The lowest BCUT2D eigenvalue weighted by Gasteiger charge is -2.17. The molecule has 16 heavy (non-hydrogen) atoms. The van der Waals surface area contributed by atoms with Gasteiger partial charge in [0.1, 0.15) is 5.82 Å². The molecule has 0 bridgehead atoms. The van der Waals surface area contributed by atoms with Gasteiger partial charge in [0.2, 0.25) is 5.91 Å². The van der Waals surface area contributed by atoms with Gasteiger partial charge >= 0.3 is 0 Å². The number of benzene rings is 1. The molecule has 0 spiro atoms. The van der Waals surface area contributed by atoms with Gasteiger partial charge in [-0.2, -0.15) is 0 Å². The summed E-state index contributed by atoms with van der Waals surface area (Å²) in [4.78, 5) is 13.1. The van der Waals surface area contributed by atoms with Gasteiger partial charge in [0.05, 0.1) is 0 Å². The first kappa shape index (κ1) is 12.6. The second kappa shape index (κ2) is 5.61. The first-order valence-electron chi connectivity index (χ1n) is 5.20. The van der Waals surface area contributed by atoms with Crippen molar-refractivity contribution >= 4 is 5.91 Å². The molecule has 3 nitrogen and oxygen atoms in total.